The molecule has 0 atom stereocenters. The first kappa shape index (κ1) is 14.6. The number of phenols is 1. The summed E-state index contributed by atoms with van der Waals surface area (Å²) < 4.78 is 12.8. The number of benzene rings is 2. The van der Waals surface area contributed by atoms with Gasteiger partial charge in [-0.05, 0) is 36.4 Å². The third kappa shape index (κ3) is 3.32. The number of aromatic hydroxyl groups is 1. The summed E-state index contributed by atoms with van der Waals surface area (Å²) >= 11 is 0. The molecule has 3 rings (SSSR count). The fourth-order valence-corrected chi connectivity index (χ4v) is 2.04. The van der Waals surface area contributed by atoms with E-state index in [2.05, 4.69) is 15.5 Å². The maximum absolute atomic E-state index is 12.8. The Morgan fingerprint density at radius 2 is 1.91 bits per heavy atom. The Bertz CT molecular complexity index is 892. The molecule has 0 saturated carbocycles. The number of carbonyl (C=O) groups is 1. The molecule has 114 valence electrons. The van der Waals surface area contributed by atoms with Crippen molar-refractivity contribution < 1.29 is 14.3 Å². The number of hydrazone groups is 1. The zero-order chi connectivity index (χ0) is 16.2. The van der Waals surface area contributed by atoms with E-state index in [4.69, 9.17) is 0 Å². The first-order valence-corrected chi connectivity index (χ1v) is 6.81. The second kappa shape index (κ2) is 6.23. The lowest BCUT2D eigenvalue weighted by molar-refractivity contribution is 0.0955. The highest BCUT2D eigenvalue weighted by molar-refractivity contribution is 5.95. The van der Waals surface area contributed by atoms with Crippen LogP contribution in [0, 0.1) is 5.82 Å². The first-order chi connectivity index (χ1) is 11.1. The van der Waals surface area contributed by atoms with Gasteiger partial charge in [-0.2, -0.15) is 5.10 Å². The van der Waals surface area contributed by atoms with E-state index in [1.54, 1.807) is 24.3 Å². The molecule has 2 aromatic carbocycles. The summed E-state index contributed by atoms with van der Waals surface area (Å²) in [5, 5.41) is 14.4. The number of fused-ring (bicyclic) bond motifs is 1. The van der Waals surface area contributed by atoms with Crippen LogP contribution in [0.4, 0.5) is 4.39 Å². The van der Waals surface area contributed by atoms with Crippen molar-refractivity contribution in [1.29, 1.82) is 0 Å². The number of hydrogen-bond donors (Lipinski definition) is 2. The van der Waals surface area contributed by atoms with Crippen LogP contribution in [0.1, 0.15) is 16.1 Å². The molecule has 0 saturated heterocycles. The van der Waals surface area contributed by atoms with Gasteiger partial charge in [-0.15, -0.1) is 0 Å². The zero-order valence-corrected chi connectivity index (χ0v) is 11.9. The fourth-order valence-electron chi connectivity index (χ4n) is 2.04. The van der Waals surface area contributed by atoms with E-state index in [0.717, 1.165) is 5.39 Å². The quantitative estimate of drug-likeness (QED) is 0.577. The Balaban J connectivity index is 1.74. The second-order valence-corrected chi connectivity index (χ2v) is 4.79. The molecule has 2 N–H and O–H groups in total. The Morgan fingerprint density at radius 1 is 1.13 bits per heavy atom. The normalized spacial score (nSPS) is 11.0. The predicted molar refractivity (Wildman–Crippen MR) is 84.9 cm³/mol. The van der Waals surface area contributed by atoms with Gasteiger partial charge in [0, 0.05) is 10.9 Å². The number of pyridine rings is 1. The van der Waals surface area contributed by atoms with Gasteiger partial charge in [-0.3, -0.25) is 4.79 Å². The van der Waals surface area contributed by atoms with Gasteiger partial charge in [0.2, 0.25) is 0 Å². The van der Waals surface area contributed by atoms with Crippen LogP contribution in [0.15, 0.2) is 59.7 Å². The van der Waals surface area contributed by atoms with E-state index in [0.29, 0.717) is 16.8 Å². The van der Waals surface area contributed by atoms with Gasteiger partial charge < -0.3 is 5.11 Å². The minimum Gasteiger partial charge on any atom is -0.506 e. The van der Waals surface area contributed by atoms with E-state index in [1.807, 2.05) is 6.07 Å². The largest absolute Gasteiger partial charge is 0.506 e. The van der Waals surface area contributed by atoms with Crippen LogP contribution in [0.2, 0.25) is 0 Å². The van der Waals surface area contributed by atoms with E-state index in [-0.39, 0.29) is 5.75 Å². The van der Waals surface area contributed by atoms with E-state index < -0.39 is 11.7 Å². The molecule has 1 amide bonds. The number of amides is 1. The molecule has 6 heteroatoms. The SMILES string of the molecule is O=C(NN=Cc1ccc2cccc(O)c2n1)c1ccc(F)cc1. The first-order valence-electron chi connectivity index (χ1n) is 6.81. The molecule has 0 fully saturated rings. The van der Waals surface area contributed by atoms with Crippen LogP contribution in [-0.2, 0) is 0 Å². The van der Waals surface area contributed by atoms with Gasteiger partial charge in [0.05, 0.1) is 11.9 Å². The van der Waals surface area contributed by atoms with Gasteiger partial charge in [-0.1, -0.05) is 18.2 Å². The van der Waals surface area contributed by atoms with Crippen LogP contribution < -0.4 is 5.43 Å². The summed E-state index contributed by atoms with van der Waals surface area (Å²) in [6.45, 7) is 0. The molecule has 0 radical (unpaired) electrons. The van der Waals surface area contributed by atoms with Crippen molar-refractivity contribution in [3.8, 4) is 5.75 Å². The molecule has 0 aliphatic rings. The number of hydrogen-bond acceptors (Lipinski definition) is 4. The summed E-state index contributed by atoms with van der Waals surface area (Å²) in [6, 6.07) is 13.8. The molecule has 3 aromatic rings. The molecule has 1 heterocycles. The van der Waals surface area contributed by atoms with E-state index >= 15 is 0 Å². The topological polar surface area (TPSA) is 74.6 Å². The average Bonchev–Trinajstić information content (AvgIpc) is 2.56. The minimum atomic E-state index is -0.454. The monoisotopic (exact) mass is 309 g/mol. The van der Waals surface area contributed by atoms with Crippen LogP contribution in [0.25, 0.3) is 10.9 Å². The molecule has 0 bridgehead atoms. The van der Waals surface area contributed by atoms with Crippen LogP contribution in [0.5, 0.6) is 5.75 Å². The molecule has 23 heavy (non-hydrogen) atoms. The molecule has 1 aromatic heterocycles. The number of nitrogens with zero attached hydrogens (tertiary/aromatic N) is 2. The van der Waals surface area contributed by atoms with Crippen molar-refractivity contribution in [2.45, 2.75) is 0 Å². The number of phenolic OH excluding ortho intramolecular Hbond substituents is 1. The van der Waals surface area contributed by atoms with E-state index in [1.165, 1.54) is 30.5 Å². The second-order valence-electron chi connectivity index (χ2n) is 4.79. The maximum atomic E-state index is 12.8. The summed E-state index contributed by atoms with van der Waals surface area (Å²) in [6.07, 6.45) is 1.37. The Labute approximate surface area is 131 Å². The lowest BCUT2D eigenvalue weighted by atomic mass is 10.2. The highest BCUT2D eigenvalue weighted by atomic mass is 19.1. The van der Waals surface area contributed by atoms with Crippen molar-refractivity contribution in [1.82, 2.24) is 10.4 Å². The van der Waals surface area contributed by atoms with Gasteiger partial charge >= 0.3 is 0 Å². The molecule has 5 nitrogen and oxygen atoms in total. The van der Waals surface area contributed by atoms with Crippen molar-refractivity contribution in [3.63, 3.8) is 0 Å². The third-order valence-electron chi connectivity index (χ3n) is 3.19. The molecule has 0 unspecified atom stereocenters. The third-order valence-corrected chi connectivity index (χ3v) is 3.19. The Morgan fingerprint density at radius 3 is 2.70 bits per heavy atom. The molecular formula is C17H12FN3O2. The maximum Gasteiger partial charge on any atom is 0.271 e. The lowest BCUT2D eigenvalue weighted by Crippen LogP contribution is -2.17. The van der Waals surface area contributed by atoms with Crippen molar-refractivity contribution in [2.75, 3.05) is 0 Å². The molecule has 0 aliphatic heterocycles. The van der Waals surface area contributed by atoms with Gasteiger partial charge in [0.25, 0.3) is 5.91 Å². The molecular weight excluding hydrogens is 297 g/mol. The van der Waals surface area contributed by atoms with Crippen LogP contribution >= 0.6 is 0 Å². The number of halogens is 1. The number of aromatic nitrogens is 1. The van der Waals surface area contributed by atoms with Crippen molar-refractivity contribution >= 4 is 23.0 Å². The average molecular weight is 309 g/mol. The number of para-hydroxylation sites is 1. The smallest absolute Gasteiger partial charge is 0.271 e. The van der Waals surface area contributed by atoms with Crippen molar-refractivity contribution in [3.05, 3.63) is 71.7 Å². The molecule has 0 aliphatic carbocycles. The van der Waals surface area contributed by atoms with Gasteiger partial charge in [-0.25, -0.2) is 14.8 Å². The van der Waals surface area contributed by atoms with Crippen LogP contribution in [0.3, 0.4) is 0 Å². The van der Waals surface area contributed by atoms with Gasteiger partial charge in [0.15, 0.2) is 0 Å². The summed E-state index contributed by atoms with van der Waals surface area (Å²) in [5.41, 5.74) is 3.58. The standard InChI is InChI=1S/C17H12FN3O2/c18-13-7-4-12(5-8-13)17(23)21-19-10-14-9-6-11-2-1-3-15(22)16(11)20-14/h1-10,22H,(H,21,23). The van der Waals surface area contributed by atoms with Gasteiger partial charge in [0.1, 0.15) is 17.1 Å². The number of nitrogens with one attached hydrogen (secondary N) is 1. The predicted octanol–water partition coefficient (Wildman–Crippen LogP) is 2.84. The van der Waals surface area contributed by atoms with Crippen molar-refractivity contribution in [2.24, 2.45) is 5.10 Å². The lowest BCUT2D eigenvalue weighted by Gasteiger charge is -2.01. The fraction of sp³-hybridized carbons (Fsp3) is 0. The summed E-state index contributed by atoms with van der Waals surface area (Å²) in [5.74, 6) is -0.789. The number of carbonyl (C=O) groups excluding carboxylic acids is 1. The summed E-state index contributed by atoms with van der Waals surface area (Å²) in [4.78, 5) is 16.1. The highest BCUT2D eigenvalue weighted by Crippen LogP contribution is 2.21. The minimum absolute atomic E-state index is 0.0769. The zero-order valence-electron chi connectivity index (χ0n) is 11.9. The highest BCUT2D eigenvalue weighted by Gasteiger charge is 2.04. The Hall–Kier alpha value is -3.28. The van der Waals surface area contributed by atoms with E-state index in [9.17, 15) is 14.3 Å². The number of rotatable bonds is 3. The summed E-state index contributed by atoms with van der Waals surface area (Å²) in [7, 11) is 0. The Kier molecular flexibility index (Phi) is 3.97. The molecule has 0 spiro atoms. The van der Waals surface area contributed by atoms with Crippen LogP contribution in [-0.4, -0.2) is 22.2 Å².